The molecule has 1 atom stereocenters. The van der Waals surface area contributed by atoms with Crippen LogP contribution in [0, 0.1) is 6.92 Å². The molecule has 0 aliphatic rings. The van der Waals surface area contributed by atoms with Crippen molar-refractivity contribution in [2.75, 3.05) is 13.2 Å². The van der Waals surface area contributed by atoms with Gasteiger partial charge in [-0.2, -0.15) is 0 Å². The molecule has 0 bridgehead atoms. The second kappa shape index (κ2) is 11.9. The van der Waals surface area contributed by atoms with Crippen LogP contribution in [-0.2, 0) is 16.1 Å². The summed E-state index contributed by atoms with van der Waals surface area (Å²) >= 11 is 3.54. The molecule has 0 saturated carbocycles. The molecule has 1 N–H and O–H groups in total. The van der Waals surface area contributed by atoms with Gasteiger partial charge < -0.3 is 15.0 Å². The van der Waals surface area contributed by atoms with Gasteiger partial charge in [-0.25, -0.2) is 0 Å². The molecule has 2 aromatic carbocycles. The number of amides is 2. The van der Waals surface area contributed by atoms with Gasteiger partial charge in [0, 0.05) is 13.1 Å². The molecular weight excluding hydrogens is 456 g/mol. The van der Waals surface area contributed by atoms with Crippen molar-refractivity contribution >= 4 is 27.7 Å². The number of ether oxygens (including phenoxy) is 1. The first-order valence-corrected chi connectivity index (χ1v) is 11.6. The average molecular weight is 489 g/mol. The number of aryl methyl sites for hydroxylation is 1. The highest BCUT2D eigenvalue weighted by molar-refractivity contribution is 9.10. The van der Waals surface area contributed by atoms with E-state index in [1.807, 2.05) is 63.2 Å². The van der Waals surface area contributed by atoms with Gasteiger partial charge in [0.25, 0.3) is 5.91 Å². The number of halogens is 1. The van der Waals surface area contributed by atoms with Crippen LogP contribution in [-0.4, -0.2) is 35.9 Å². The van der Waals surface area contributed by atoms with E-state index in [9.17, 15) is 9.59 Å². The van der Waals surface area contributed by atoms with E-state index in [1.54, 1.807) is 4.90 Å². The van der Waals surface area contributed by atoms with E-state index in [1.165, 1.54) is 5.56 Å². The quantitative estimate of drug-likeness (QED) is 0.499. The van der Waals surface area contributed by atoms with E-state index in [2.05, 4.69) is 35.1 Å². The molecule has 0 spiro atoms. The Labute approximate surface area is 194 Å². The maximum atomic E-state index is 13.2. The van der Waals surface area contributed by atoms with E-state index in [0.29, 0.717) is 31.2 Å². The Balaban J connectivity index is 2.21. The van der Waals surface area contributed by atoms with Crippen LogP contribution in [0.15, 0.2) is 46.9 Å². The molecule has 0 aromatic heterocycles. The van der Waals surface area contributed by atoms with Crippen LogP contribution in [0.3, 0.4) is 0 Å². The predicted octanol–water partition coefficient (Wildman–Crippen LogP) is 5.20. The predicted molar refractivity (Wildman–Crippen MR) is 128 cm³/mol. The third kappa shape index (κ3) is 7.10. The summed E-state index contributed by atoms with van der Waals surface area (Å²) in [5.74, 6) is 0.645. The van der Waals surface area contributed by atoms with Crippen molar-refractivity contribution in [1.82, 2.24) is 10.2 Å². The van der Waals surface area contributed by atoms with Gasteiger partial charge in [-0.3, -0.25) is 9.59 Å². The molecule has 168 valence electrons. The molecule has 31 heavy (non-hydrogen) atoms. The second-order valence-electron chi connectivity index (χ2n) is 7.96. The first-order chi connectivity index (χ1) is 14.8. The first kappa shape index (κ1) is 24.9. The van der Waals surface area contributed by atoms with Crippen molar-refractivity contribution in [1.29, 1.82) is 0 Å². The zero-order chi connectivity index (χ0) is 23.0. The number of benzene rings is 2. The van der Waals surface area contributed by atoms with Crippen molar-refractivity contribution in [3.63, 3.8) is 0 Å². The summed E-state index contributed by atoms with van der Waals surface area (Å²) in [7, 11) is 0. The van der Waals surface area contributed by atoms with Crippen molar-refractivity contribution in [2.45, 2.75) is 59.5 Å². The van der Waals surface area contributed by atoms with Crippen molar-refractivity contribution < 1.29 is 14.3 Å². The average Bonchev–Trinajstić information content (AvgIpc) is 2.72. The number of hydrogen-bond donors (Lipinski definition) is 1. The summed E-state index contributed by atoms with van der Waals surface area (Å²) in [5.41, 5.74) is 3.29. The van der Waals surface area contributed by atoms with Crippen LogP contribution < -0.4 is 10.1 Å². The van der Waals surface area contributed by atoms with Gasteiger partial charge in [0.15, 0.2) is 6.61 Å². The summed E-state index contributed by atoms with van der Waals surface area (Å²) in [5, 5.41) is 2.85. The smallest absolute Gasteiger partial charge is 0.261 e. The number of carbonyl (C=O) groups excluding carboxylic acids is 2. The molecule has 0 fully saturated rings. The topological polar surface area (TPSA) is 58.6 Å². The fraction of sp³-hybridized carbons (Fsp3) is 0.440. The van der Waals surface area contributed by atoms with E-state index in [0.717, 1.165) is 15.6 Å². The minimum atomic E-state index is -0.552. The minimum absolute atomic E-state index is 0.138. The Kier molecular flexibility index (Phi) is 9.56. The van der Waals surface area contributed by atoms with Crippen LogP contribution in [0.1, 0.15) is 56.7 Å². The number of likely N-dealkylation sites (N-methyl/N-ethyl adjacent to an activating group) is 1. The van der Waals surface area contributed by atoms with Gasteiger partial charge in [0.2, 0.25) is 5.91 Å². The minimum Gasteiger partial charge on any atom is -0.483 e. The zero-order valence-corrected chi connectivity index (χ0v) is 20.7. The largest absolute Gasteiger partial charge is 0.483 e. The monoisotopic (exact) mass is 488 g/mol. The molecule has 5 nitrogen and oxygen atoms in total. The van der Waals surface area contributed by atoms with Crippen LogP contribution in [0.25, 0.3) is 0 Å². The summed E-state index contributed by atoms with van der Waals surface area (Å²) < 4.78 is 6.65. The first-order valence-electron chi connectivity index (χ1n) is 10.8. The number of hydrogen-bond acceptors (Lipinski definition) is 3. The highest BCUT2D eigenvalue weighted by Crippen LogP contribution is 2.29. The van der Waals surface area contributed by atoms with E-state index in [4.69, 9.17) is 4.74 Å². The lowest BCUT2D eigenvalue weighted by atomic mass is 10.0. The molecule has 0 aliphatic heterocycles. The SMILES string of the molecule is CCNC(=O)[C@@H](CC)N(Cc1cccc(C)c1)C(=O)COc1ccc(C(C)C)cc1Br. The molecule has 6 heteroatoms. The zero-order valence-electron chi connectivity index (χ0n) is 19.1. The number of nitrogens with one attached hydrogen (secondary N) is 1. The maximum absolute atomic E-state index is 13.2. The number of rotatable bonds is 10. The maximum Gasteiger partial charge on any atom is 0.261 e. The van der Waals surface area contributed by atoms with E-state index in [-0.39, 0.29) is 18.4 Å². The van der Waals surface area contributed by atoms with Crippen molar-refractivity contribution in [3.8, 4) is 5.75 Å². The van der Waals surface area contributed by atoms with Gasteiger partial charge in [-0.05, 0) is 65.4 Å². The Bertz CT molecular complexity index is 898. The normalized spacial score (nSPS) is 11.8. The van der Waals surface area contributed by atoms with E-state index < -0.39 is 6.04 Å². The van der Waals surface area contributed by atoms with Gasteiger partial charge >= 0.3 is 0 Å². The Morgan fingerprint density at radius 1 is 1.13 bits per heavy atom. The fourth-order valence-electron chi connectivity index (χ4n) is 3.43. The second-order valence-corrected chi connectivity index (χ2v) is 8.82. The third-order valence-corrected chi connectivity index (χ3v) is 5.77. The van der Waals surface area contributed by atoms with Crippen LogP contribution in [0.2, 0.25) is 0 Å². The highest BCUT2D eigenvalue weighted by Gasteiger charge is 2.28. The molecular formula is C25H33BrN2O3. The standard InChI is InChI=1S/C25H33BrN2O3/c1-6-22(25(30)27-7-2)28(15-19-10-8-9-18(5)13-19)24(29)16-31-23-12-11-20(17(3)4)14-21(23)26/h8-14,17,22H,6-7,15-16H2,1-5H3,(H,27,30)/t22-/m1/s1. The lowest BCUT2D eigenvalue weighted by Crippen LogP contribution is -2.50. The van der Waals surface area contributed by atoms with Gasteiger partial charge in [-0.15, -0.1) is 0 Å². The molecule has 0 aliphatic carbocycles. The molecule has 2 amide bonds. The van der Waals surface area contributed by atoms with Gasteiger partial charge in [-0.1, -0.05) is 56.7 Å². The Morgan fingerprint density at radius 2 is 1.87 bits per heavy atom. The molecule has 0 radical (unpaired) electrons. The molecule has 2 aromatic rings. The van der Waals surface area contributed by atoms with Gasteiger partial charge in [0.1, 0.15) is 11.8 Å². The molecule has 2 rings (SSSR count). The molecule has 0 heterocycles. The fourth-order valence-corrected chi connectivity index (χ4v) is 3.95. The molecule has 0 saturated heterocycles. The van der Waals surface area contributed by atoms with E-state index >= 15 is 0 Å². The summed E-state index contributed by atoms with van der Waals surface area (Å²) in [4.78, 5) is 27.5. The van der Waals surface area contributed by atoms with Gasteiger partial charge in [0.05, 0.1) is 4.47 Å². The lowest BCUT2D eigenvalue weighted by Gasteiger charge is -2.30. The highest BCUT2D eigenvalue weighted by atomic mass is 79.9. The van der Waals surface area contributed by atoms with Crippen molar-refractivity contribution in [2.24, 2.45) is 0 Å². The number of carbonyl (C=O) groups is 2. The third-order valence-electron chi connectivity index (χ3n) is 5.15. The van der Waals surface area contributed by atoms with Crippen LogP contribution in [0.4, 0.5) is 0 Å². The Hall–Kier alpha value is -2.34. The summed E-state index contributed by atoms with van der Waals surface area (Å²) in [6, 6.07) is 13.3. The molecule has 0 unspecified atom stereocenters. The van der Waals surface area contributed by atoms with Crippen LogP contribution >= 0.6 is 15.9 Å². The van der Waals surface area contributed by atoms with Crippen molar-refractivity contribution in [3.05, 3.63) is 63.6 Å². The number of nitrogens with zero attached hydrogens (tertiary/aromatic N) is 1. The lowest BCUT2D eigenvalue weighted by molar-refractivity contribution is -0.142. The summed E-state index contributed by atoms with van der Waals surface area (Å²) in [6.07, 6.45) is 0.524. The Morgan fingerprint density at radius 3 is 2.45 bits per heavy atom. The van der Waals surface area contributed by atoms with Crippen LogP contribution in [0.5, 0.6) is 5.75 Å². The summed E-state index contributed by atoms with van der Waals surface area (Å²) in [6.45, 7) is 10.8.